The van der Waals surface area contributed by atoms with E-state index in [-0.39, 0.29) is 5.91 Å². The van der Waals surface area contributed by atoms with Gasteiger partial charge in [-0.2, -0.15) is 0 Å². The Hall–Kier alpha value is -2.01. The molecule has 0 spiro atoms. The number of anilines is 2. The van der Waals surface area contributed by atoms with E-state index in [1.807, 2.05) is 30.3 Å². The van der Waals surface area contributed by atoms with Gasteiger partial charge in [-0.1, -0.05) is 30.3 Å². The predicted octanol–water partition coefficient (Wildman–Crippen LogP) is 3.22. The molecular formula is C15H15BrN2O2. The summed E-state index contributed by atoms with van der Waals surface area (Å²) in [5.74, 6) is 0.415. The van der Waals surface area contributed by atoms with Crippen LogP contribution in [-0.2, 0) is 11.2 Å². The summed E-state index contributed by atoms with van der Waals surface area (Å²) in [5.41, 5.74) is 7.84. The molecule has 2 aromatic carbocycles. The maximum Gasteiger partial charge on any atom is 0.228 e. The molecule has 2 rings (SSSR count). The van der Waals surface area contributed by atoms with Crippen molar-refractivity contribution in [1.82, 2.24) is 0 Å². The number of methoxy groups -OCH3 is 1. The number of hydrogen-bond donors (Lipinski definition) is 2. The Morgan fingerprint density at radius 1 is 1.30 bits per heavy atom. The third-order valence-corrected chi connectivity index (χ3v) is 3.39. The summed E-state index contributed by atoms with van der Waals surface area (Å²) < 4.78 is 5.92. The van der Waals surface area contributed by atoms with Crippen LogP contribution in [-0.4, -0.2) is 13.0 Å². The second-order valence-electron chi connectivity index (χ2n) is 4.29. The van der Waals surface area contributed by atoms with Crippen molar-refractivity contribution in [3.05, 3.63) is 52.5 Å². The van der Waals surface area contributed by atoms with Crippen molar-refractivity contribution in [2.45, 2.75) is 6.42 Å². The maximum atomic E-state index is 12.1. The van der Waals surface area contributed by atoms with Crippen molar-refractivity contribution in [1.29, 1.82) is 0 Å². The first-order valence-electron chi connectivity index (χ1n) is 6.07. The largest absolute Gasteiger partial charge is 0.494 e. The fourth-order valence-electron chi connectivity index (χ4n) is 1.85. The molecule has 4 nitrogen and oxygen atoms in total. The SMILES string of the molecule is COc1cc(N)cc(Br)c1NC(=O)Cc1ccccc1. The van der Waals surface area contributed by atoms with Crippen LogP contribution in [0, 0.1) is 0 Å². The van der Waals surface area contributed by atoms with Crippen LogP contribution in [0.1, 0.15) is 5.56 Å². The van der Waals surface area contributed by atoms with Gasteiger partial charge in [0.1, 0.15) is 5.75 Å². The molecule has 0 aromatic heterocycles. The predicted molar refractivity (Wildman–Crippen MR) is 83.9 cm³/mol. The number of rotatable bonds is 4. The summed E-state index contributed by atoms with van der Waals surface area (Å²) in [6.45, 7) is 0. The highest BCUT2D eigenvalue weighted by Gasteiger charge is 2.12. The summed E-state index contributed by atoms with van der Waals surface area (Å²) in [6.07, 6.45) is 0.306. The highest BCUT2D eigenvalue weighted by Crippen LogP contribution is 2.35. The van der Waals surface area contributed by atoms with E-state index in [1.54, 1.807) is 12.1 Å². The molecule has 0 aliphatic rings. The van der Waals surface area contributed by atoms with E-state index in [1.165, 1.54) is 7.11 Å². The summed E-state index contributed by atoms with van der Waals surface area (Å²) in [7, 11) is 1.54. The second kappa shape index (κ2) is 6.43. The van der Waals surface area contributed by atoms with Gasteiger partial charge in [-0.05, 0) is 27.6 Å². The van der Waals surface area contributed by atoms with Crippen molar-refractivity contribution in [3.63, 3.8) is 0 Å². The van der Waals surface area contributed by atoms with Gasteiger partial charge >= 0.3 is 0 Å². The average Bonchev–Trinajstić information content (AvgIpc) is 2.42. The molecule has 0 heterocycles. The number of ether oxygens (including phenoxy) is 1. The third-order valence-electron chi connectivity index (χ3n) is 2.77. The smallest absolute Gasteiger partial charge is 0.228 e. The normalized spacial score (nSPS) is 10.1. The topological polar surface area (TPSA) is 64.3 Å². The Balaban J connectivity index is 2.16. The summed E-state index contributed by atoms with van der Waals surface area (Å²) in [5, 5.41) is 2.84. The lowest BCUT2D eigenvalue weighted by Gasteiger charge is -2.13. The van der Waals surface area contributed by atoms with Crippen molar-refractivity contribution in [3.8, 4) is 5.75 Å². The molecule has 0 atom stereocenters. The van der Waals surface area contributed by atoms with Gasteiger partial charge in [0, 0.05) is 16.2 Å². The lowest BCUT2D eigenvalue weighted by atomic mass is 10.1. The number of benzene rings is 2. The third kappa shape index (κ3) is 3.51. The standard InChI is InChI=1S/C15H15BrN2O2/c1-20-13-9-11(17)8-12(16)15(13)18-14(19)7-10-5-3-2-4-6-10/h2-6,8-9H,7,17H2,1H3,(H,18,19). The van der Waals surface area contributed by atoms with Crippen LogP contribution in [0.2, 0.25) is 0 Å². The highest BCUT2D eigenvalue weighted by atomic mass is 79.9. The zero-order chi connectivity index (χ0) is 14.5. The van der Waals surface area contributed by atoms with E-state index in [0.717, 1.165) is 5.56 Å². The van der Waals surface area contributed by atoms with Gasteiger partial charge in [-0.15, -0.1) is 0 Å². The first kappa shape index (κ1) is 14.4. The monoisotopic (exact) mass is 334 g/mol. The van der Waals surface area contributed by atoms with Crippen LogP contribution in [0.25, 0.3) is 0 Å². The van der Waals surface area contributed by atoms with Crippen LogP contribution in [0.4, 0.5) is 11.4 Å². The van der Waals surface area contributed by atoms with Gasteiger partial charge in [0.2, 0.25) is 5.91 Å². The Bertz CT molecular complexity index is 615. The number of nitrogen functional groups attached to an aromatic ring is 1. The number of amides is 1. The number of carbonyl (C=O) groups is 1. The quantitative estimate of drug-likeness (QED) is 0.843. The zero-order valence-corrected chi connectivity index (χ0v) is 12.6. The minimum atomic E-state index is -0.111. The van der Waals surface area contributed by atoms with E-state index >= 15 is 0 Å². The molecular weight excluding hydrogens is 320 g/mol. The highest BCUT2D eigenvalue weighted by molar-refractivity contribution is 9.10. The molecule has 3 N–H and O–H groups in total. The fourth-order valence-corrected chi connectivity index (χ4v) is 2.41. The number of halogens is 1. The first-order chi connectivity index (χ1) is 9.60. The minimum Gasteiger partial charge on any atom is -0.494 e. The van der Waals surface area contributed by atoms with Gasteiger partial charge in [-0.25, -0.2) is 0 Å². The number of carbonyl (C=O) groups excluding carboxylic acids is 1. The van der Waals surface area contributed by atoms with E-state index < -0.39 is 0 Å². The summed E-state index contributed by atoms with van der Waals surface area (Å²) >= 11 is 3.38. The van der Waals surface area contributed by atoms with Crippen molar-refractivity contribution < 1.29 is 9.53 Å². The first-order valence-corrected chi connectivity index (χ1v) is 6.86. The van der Waals surface area contributed by atoms with E-state index in [9.17, 15) is 4.79 Å². The van der Waals surface area contributed by atoms with Gasteiger partial charge in [0.25, 0.3) is 0 Å². The molecule has 0 radical (unpaired) electrons. The van der Waals surface area contributed by atoms with Crippen LogP contribution in [0.3, 0.4) is 0 Å². The molecule has 104 valence electrons. The van der Waals surface area contributed by atoms with Crippen LogP contribution >= 0.6 is 15.9 Å². The Labute approximate surface area is 126 Å². The Morgan fingerprint density at radius 2 is 2.00 bits per heavy atom. The summed E-state index contributed by atoms with van der Waals surface area (Å²) in [4.78, 5) is 12.1. The van der Waals surface area contributed by atoms with Crippen molar-refractivity contribution in [2.24, 2.45) is 0 Å². The second-order valence-corrected chi connectivity index (χ2v) is 5.14. The molecule has 5 heteroatoms. The fraction of sp³-hybridized carbons (Fsp3) is 0.133. The molecule has 0 bridgehead atoms. The minimum absolute atomic E-state index is 0.111. The van der Waals surface area contributed by atoms with Crippen LogP contribution in [0.5, 0.6) is 5.75 Å². The molecule has 0 aliphatic heterocycles. The lowest BCUT2D eigenvalue weighted by Crippen LogP contribution is -2.15. The average molecular weight is 335 g/mol. The Kier molecular flexibility index (Phi) is 4.63. The molecule has 0 saturated carbocycles. The van der Waals surface area contributed by atoms with Gasteiger partial charge in [0.15, 0.2) is 0 Å². The van der Waals surface area contributed by atoms with E-state index in [0.29, 0.717) is 28.0 Å². The number of hydrogen-bond acceptors (Lipinski definition) is 3. The molecule has 0 fully saturated rings. The van der Waals surface area contributed by atoms with Crippen molar-refractivity contribution >= 4 is 33.2 Å². The van der Waals surface area contributed by atoms with Gasteiger partial charge in [-0.3, -0.25) is 4.79 Å². The zero-order valence-electron chi connectivity index (χ0n) is 11.0. The van der Waals surface area contributed by atoms with Gasteiger partial charge in [0.05, 0.1) is 19.2 Å². The van der Waals surface area contributed by atoms with Crippen LogP contribution < -0.4 is 15.8 Å². The van der Waals surface area contributed by atoms with E-state index in [2.05, 4.69) is 21.2 Å². The van der Waals surface area contributed by atoms with Crippen LogP contribution in [0.15, 0.2) is 46.9 Å². The lowest BCUT2D eigenvalue weighted by molar-refractivity contribution is -0.115. The summed E-state index contributed by atoms with van der Waals surface area (Å²) in [6, 6.07) is 12.9. The van der Waals surface area contributed by atoms with Gasteiger partial charge < -0.3 is 15.8 Å². The molecule has 0 saturated heterocycles. The molecule has 20 heavy (non-hydrogen) atoms. The number of nitrogens with one attached hydrogen (secondary N) is 1. The molecule has 2 aromatic rings. The van der Waals surface area contributed by atoms with E-state index in [4.69, 9.17) is 10.5 Å². The molecule has 0 aliphatic carbocycles. The maximum absolute atomic E-state index is 12.1. The number of nitrogens with two attached hydrogens (primary N) is 1. The van der Waals surface area contributed by atoms with Crippen molar-refractivity contribution in [2.75, 3.05) is 18.2 Å². The Morgan fingerprint density at radius 3 is 2.65 bits per heavy atom. The molecule has 1 amide bonds. The molecule has 0 unspecified atom stereocenters.